The summed E-state index contributed by atoms with van der Waals surface area (Å²) in [6.07, 6.45) is 0. The number of benzene rings is 1. The Hall–Kier alpha value is -2.11. The molecule has 0 radical (unpaired) electrons. The second-order valence-corrected chi connectivity index (χ2v) is 5.69. The van der Waals surface area contributed by atoms with E-state index in [4.69, 9.17) is 16.0 Å². The Morgan fingerprint density at radius 1 is 1.33 bits per heavy atom. The van der Waals surface area contributed by atoms with E-state index in [2.05, 4.69) is 4.98 Å². The van der Waals surface area contributed by atoms with Crippen LogP contribution in [0.4, 0.5) is 0 Å². The molecule has 106 valence electrons. The van der Waals surface area contributed by atoms with Crippen LogP contribution >= 0.6 is 22.9 Å². The van der Waals surface area contributed by atoms with Crippen LogP contribution < -0.4 is 0 Å². The molecule has 21 heavy (non-hydrogen) atoms. The van der Waals surface area contributed by atoms with Crippen molar-refractivity contribution >= 4 is 28.9 Å². The van der Waals surface area contributed by atoms with Gasteiger partial charge in [-0.15, -0.1) is 11.3 Å². The predicted octanol–water partition coefficient (Wildman–Crippen LogP) is 4.73. The van der Waals surface area contributed by atoms with Crippen LogP contribution in [0.25, 0.3) is 22.1 Å². The van der Waals surface area contributed by atoms with Gasteiger partial charge in [0.1, 0.15) is 0 Å². The highest BCUT2D eigenvalue weighted by Crippen LogP contribution is 2.39. The molecule has 0 saturated carbocycles. The van der Waals surface area contributed by atoms with Crippen molar-refractivity contribution in [2.75, 3.05) is 0 Å². The van der Waals surface area contributed by atoms with Gasteiger partial charge in [0.25, 0.3) is 0 Å². The smallest absolute Gasteiger partial charge is 0.358 e. The SMILES string of the molecule is Cc1csc(-c2oc(-c3ccccc3)nc2C(=O)O)c1Cl. The summed E-state index contributed by atoms with van der Waals surface area (Å²) < 4.78 is 5.68. The first-order chi connectivity index (χ1) is 10.1. The Labute approximate surface area is 129 Å². The number of hydrogen-bond donors (Lipinski definition) is 1. The summed E-state index contributed by atoms with van der Waals surface area (Å²) in [7, 11) is 0. The zero-order valence-electron chi connectivity index (χ0n) is 11.0. The van der Waals surface area contributed by atoms with Crippen LogP contribution in [-0.2, 0) is 0 Å². The maximum Gasteiger partial charge on any atom is 0.358 e. The minimum absolute atomic E-state index is 0.127. The van der Waals surface area contributed by atoms with E-state index in [1.165, 1.54) is 11.3 Å². The second-order valence-electron chi connectivity index (χ2n) is 4.43. The Bertz CT molecular complexity index is 808. The number of rotatable bonds is 3. The van der Waals surface area contributed by atoms with Gasteiger partial charge in [0.2, 0.25) is 5.89 Å². The average Bonchev–Trinajstić information content (AvgIpc) is 3.05. The van der Waals surface area contributed by atoms with Crippen molar-refractivity contribution in [2.24, 2.45) is 0 Å². The van der Waals surface area contributed by atoms with E-state index in [-0.39, 0.29) is 17.3 Å². The van der Waals surface area contributed by atoms with Crippen molar-refractivity contribution in [1.29, 1.82) is 0 Å². The number of aromatic carboxylic acids is 1. The van der Waals surface area contributed by atoms with Crippen molar-refractivity contribution in [3.05, 3.63) is 52.0 Å². The molecule has 1 N–H and O–H groups in total. The maximum atomic E-state index is 11.4. The summed E-state index contributed by atoms with van der Waals surface area (Å²) in [5.74, 6) is -0.673. The molecule has 0 atom stereocenters. The first-order valence-corrected chi connectivity index (χ1v) is 7.37. The third-order valence-electron chi connectivity index (χ3n) is 2.96. The van der Waals surface area contributed by atoms with E-state index in [0.717, 1.165) is 11.1 Å². The Morgan fingerprint density at radius 3 is 2.62 bits per heavy atom. The average molecular weight is 320 g/mol. The molecule has 0 aliphatic heterocycles. The van der Waals surface area contributed by atoms with Gasteiger partial charge in [-0.2, -0.15) is 0 Å². The van der Waals surface area contributed by atoms with E-state index >= 15 is 0 Å². The minimum atomic E-state index is -1.14. The first-order valence-electron chi connectivity index (χ1n) is 6.11. The highest BCUT2D eigenvalue weighted by atomic mass is 35.5. The molecular formula is C15H10ClNO3S. The van der Waals surface area contributed by atoms with Gasteiger partial charge in [0.15, 0.2) is 11.5 Å². The highest BCUT2D eigenvalue weighted by molar-refractivity contribution is 7.14. The minimum Gasteiger partial charge on any atom is -0.476 e. The van der Waals surface area contributed by atoms with Crippen LogP contribution in [0.5, 0.6) is 0 Å². The molecule has 0 aliphatic rings. The first kappa shape index (κ1) is 13.9. The molecule has 0 saturated heterocycles. The standard InChI is InChI=1S/C15H10ClNO3S/c1-8-7-21-13(10(8)16)12-11(15(18)19)17-14(20-12)9-5-3-2-4-6-9/h2-7H,1H3,(H,18,19). The zero-order chi connectivity index (χ0) is 15.0. The van der Waals surface area contributed by atoms with E-state index in [9.17, 15) is 9.90 Å². The van der Waals surface area contributed by atoms with Crippen LogP contribution in [0, 0.1) is 6.92 Å². The molecule has 4 nitrogen and oxygen atoms in total. The predicted molar refractivity (Wildman–Crippen MR) is 82.0 cm³/mol. The molecule has 3 rings (SSSR count). The summed E-state index contributed by atoms with van der Waals surface area (Å²) in [5.41, 5.74) is 1.47. The lowest BCUT2D eigenvalue weighted by molar-refractivity contribution is 0.0691. The molecule has 6 heteroatoms. The second kappa shape index (κ2) is 5.35. The lowest BCUT2D eigenvalue weighted by atomic mass is 10.2. The number of hydrogen-bond acceptors (Lipinski definition) is 4. The highest BCUT2D eigenvalue weighted by Gasteiger charge is 2.24. The van der Waals surface area contributed by atoms with Crippen LogP contribution in [0.2, 0.25) is 5.02 Å². The topological polar surface area (TPSA) is 63.3 Å². The molecule has 2 aromatic heterocycles. The number of aryl methyl sites for hydroxylation is 1. The summed E-state index contributed by atoms with van der Waals surface area (Å²) in [6, 6.07) is 9.15. The van der Waals surface area contributed by atoms with Crippen molar-refractivity contribution in [1.82, 2.24) is 4.98 Å². The third-order valence-corrected chi connectivity index (χ3v) is 4.65. The van der Waals surface area contributed by atoms with Crippen LogP contribution in [0.3, 0.4) is 0 Å². The molecule has 0 fully saturated rings. The number of halogens is 1. The number of carboxylic acids is 1. The molecule has 2 heterocycles. The molecule has 0 unspecified atom stereocenters. The molecule has 0 aliphatic carbocycles. The zero-order valence-corrected chi connectivity index (χ0v) is 12.5. The van der Waals surface area contributed by atoms with E-state index in [1.807, 2.05) is 42.6 Å². The van der Waals surface area contributed by atoms with Crippen LogP contribution in [-0.4, -0.2) is 16.1 Å². The summed E-state index contributed by atoms with van der Waals surface area (Å²) in [6.45, 7) is 1.86. The normalized spacial score (nSPS) is 10.8. The summed E-state index contributed by atoms with van der Waals surface area (Å²) in [5, 5.41) is 11.7. The van der Waals surface area contributed by atoms with Crippen molar-refractivity contribution in [3.63, 3.8) is 0 Å². The fourth-order valence-electron chi connectivity index (χ4n) is 1.91. The molecule has 0 spiro atoms. The van der Waals surface area contributed by atoms with Crippen molar-refractivity contribution < 1.29 is 14.3 Å². The molecule has 3 aromatic rings. The number of aromatic nitrogens is 1. The summed E-state index contributed by atoms with van der Waals surface area (Å²) >= 11 is 7.55. The third kappa shape index (κ3) is 2.46. The number of thiophene rings is 1. The summed E-state index contributed by atoms with van der Waals surface area (Å²) in [4.78, 5) is 16.1. The monoisotopic (exact) mass is 319 g/mol. The van der Waals surface area contributed by atoms with Gasteiger partial charge in [0.05, 0.1) is 9.90 Å². The quantitative estimate of drug-likeness (QED) is 0.758. The fourth-order valence-corrected chi connectivity index (χ4v) is 3.17. The lowest BCUT2D eigenvalue weighted by Crippen LogP contribution is -1.98. The molecular weight excluding hydrogens is 310 g/mol. The number of carboxylic acid groups (broad SMARTS) is 1. The van der Waals surface area contributed by atoms with Gasteiger partial charge in [-0.1, -0.05) is 29.8 Å². The fraction of sp³-hybridized carbons (Fsp3) is 0.0667. The Balaban J connectivity index is 2.19. The Morgan fingerprint density at radius 2 is 2.05 bits per heavy atom. The molecule has 0 bridgehead atoms. The molecule has 1 aromatic carbocycles. The molecule has 0 amide bonds. The van der Waals surface area contributed by atoms with Crippen LogP contribution in [0.15, 0.2) is 40.1 Å². The number of oxazole rings is 1. The van der Waals surface area contributed by atoms with Crippen LogP contribution in [0.1, 0.15) is 16.1 Å². The van der Waals surface area contributed by atoms with Gasteiger partial charge in [-0.3, -0.25) is 0 Å². The van der Waals surface area contributed by atoms with E-state index < -0.39 is 5.97 Å². The van der Waals surface area contributed by atoms with Gasteiger partial charge in [-0.25, -0.2) is 9.78 Å². The number of carbonyl (C=O) groups is 1. The van der Waals surface area contributed by atoms with Gasteiger partial charge in [-0.05, 0) is 30.0 Å². The van der Waals surface area contributed by atoms with Gasteiger partial charge >= 0.3 is 5.97 Å². The Kier molecular flexibility index (Phi) is 3.53. The van der Waals surface area contributed by atoms with Gasteiger partial charge in [0, 0.05) is 5.56 Å². The number of nitrogens with zero attached hydrogens (tertiary/aromatic N) is 1. The van der Waals surface area contributed by atoms with Crippen molar-refractivity contribution in [3.8, 4) is 22.1 Å². The van der Waals surface area contributed by atoms with E-state index in [1.54, 1.807) is 0 Å². The lowest BCUT2D eigenvalue weighted by Gasteiger charge is -1.96. The van der Waals surface area contributed by atoms with Crippen molar-refractivity contribution in [2.45, 2.75) is 6.92 Å². The largest absolute Gasteiger partial charge is 0.476 e. The maximum absolute atomic E-state index is 11.4. The van der Waals surface area contributed by atoms with E-state index in [0.29, 0.717) is 9.90 Å². The van der Waals surface area contributed by atoms with Gasteiger partial charge < -0.3 is 9.52 Å².